The average molecular weight is 219 g/mol. The van der Waals surface area contributed by atoms with Crippen LogP contribution in [0.4, 0.5) is 5.69 Å². The smallest absolute Gasteiger partial charge is 0.256 e. The number of anilines is 1. The number of nitrogens with zero attached hydrogens (tertiary/aromatic N) is 1. The highest BCUT2D eigenvalue weighted by Gasteiger charge is 2.31. The second-order valence-electron chi connectivity index (χ2n) is 4.39. The van der Waals surface area contributed by atoms with E-state index in [4.69, 9.17) is 11.5 Å². The number of carbonyl (C=O) groups excluding carboxylic acids is 1. The number of likely N-dealkylation sites (tertiary alicyclic amines) is 1. The van der Waals surface area contributed by atoms with Crippen LogP contribution >= 0.6 is 0 Å². The van der Waals surface area contributed by atoms with Gasteiger partial charge in [-0.25, -0.2) is 0 Å². The van der Waals surface area contributed by atoms with E-state index in [1.165, 1.54) is 0 Å². The Bertz CT molecular complexity index is 405. The van der Waals surface area contributed by atoms with Gasteiger partial charge in [-0.05, 0) is 25.5 Å². The lowest BCUT2D eigenvalue weighted by Crippen LogP contribution is -2.35. The molecule has 16 heavy (non-hydrogen) atoms. The molecule has 4 N–H and O–H groups in total. The zero-order valence-corrected chi connectivity index (χ0v) is 9.39. The van der Waals surface area contributed by atoms with Gasteiger partial charge < -0.3 is 16.4 Å². The van der Waals surface area contributed by atoms with E-state index in [2.05, 4.69) is 0 Å². The Morgan fingerprint density at radius 1 is 1.44 bits per heavy atom. The maximum absolute atomic E-state index is 12.2. The summed E-state index contributed by atoms with van der Waals surface area (Å²) in [4.78, 5) is 14.0. The Morgan fingerprint density at radius 2 is 2.12 bits per heavy atom. The molecule has 0 spiro atoms. The lowest BCUT2D eigenvalue weighted by Gasteiger charge is -2.22. The average Bonchev–Trinajstić information content (AvgIpc) is 2.58. The molecular weight excluding hydrogens is 202 g/mol. The van der Waals surface area contributed by atoms with Gasteiger partial charge >= 0.3 is 0 Å². The molecule has 1 aliphatic heterocycles. The molecule has 0 saturated carbocycles. The highest BCUT2D eigenvalue weighted by Crippen LogP contribution is 2.21. The molecule has 2 rings (SSSR count). The number of amides is 1. The molecule has 1 fully saturated rings. The minimum Gasteiger partial charge on any atom is -0.398 e. The summed E-state index contributed by atoms with van der Waals surface area (Å²) in [6, 6.07) is 7.43. The van der Waals surface area contributed by atoms with Crippen LogP contribution in [0.15, 0.2) is 24.3 Å². The molecule has 1 amide bonds. The van der Waals surface area contributed by atoms with Crippen molar-refractivity contribution in [2.75, 3.05) is 12.3 Å². The fraction of sp³-hybridized carbons (Fsp3) is 0.417. The van der Waals surface area contributed by atoms with E-state index < -0.39 is 0 Å². The molecular formula is C12H17N3O. The first kappa shape index (κ1) is 11.0. The predicted octanol–water partition coefficient (Wildman–Crippen LogP) is 0.830. The van der Waals surface area contributed by atoms with Crippen LogP contribution in [0.5, 0.6) is 0 Å². The number of benzene rings is 1. The Hall–Kier alpha value is -1.55. The van der Waals surface area contributed by atoms with Crippen LogP contribution in [0, 0.1) is 0 Å². The predicted molar refractivity (Wildman–Crippen MR) is 63.9 cm³/mol. The first-order valence-corrected chi connectivity index (χ1v) is 5.50. The van der Waals surface area contributed by atoms with E-state index in [1.54, 1.807) is 17.0 Å². The molecule has 0 aromatic heterocycles. The lowest BCUT2D eigenvalue weighted by molar-refractivity contribution is 0.0747. The highest BCUT2D eigenvalue weighted by atomic mass is 16.2. The molecule has 1 saturated heterocycles. The fourth-order valence-electron chi connectivity index (χ4n) is 2.20. The molecule has 4 nitrogen and oxygen atoms in total. The van der Waals surface area contributed by atoms with Crippen LogP contribution in [-0.2, 0) is 0 Å². The molecule has 0 bridgehead atoms. The van der Waals surface area contributed by atoms with Gasteiger partial charge in [-0.3, -0.25) is 4.79 Å². The molecule has 1 aromatic rings. The third-order valence-corrected chi connectivity index (χ3v) is 3.06. The standard InChI is InChI=1S/C12H17N3O/c1-8-6-9(13)7-15(8)12(16)10-4-2-3-5-11(10)14/h2-5,8-9H,6-7,13-14H2,1H3/t8-,9-/m1/s1. The third kappa shape index (κ3) is 1.88. The minimum atomic E-state index is -0.0152. The number of nitrogens with two attached hydrogens (primary N) is 2. The zero-order valence-electron chi connectivity index (χ0n) is 9.39. The van der Waals surface area contributed by atoms with Gasteiger partial charge in [0.2, 0.25) is 0 Å². The Balaban J connectivity index is 2.23. The summed E-state index contributed by atoms with van der Waals surface area (Å²) >= 11 is 0. The summed E-state index contributed by atoms with van der Waals surface area (Å²) in [5, 5.41) is 0. The van der Waals surface area contributed by atoms with Crippen LogP contribution in [-0.4, -0.2) is 29.4 Å². The third-order valence-electron chi connectivity index (χ3n) is 3.06. The van der Waals surface area contributed by atoms with E-state index in [-0.39, 0.29) is 18.0 Å². The van der Waals surface area contributed by atoms with E-state index >= 15 is 0 Å². The summed E-state index contributed by atoms with van der Waals surface area (Å²) in [7, 11) is 0. The number of hydrogen-bond acceptors (Lipinski definition) is 3. The SMILES string of the molecule is C[C@@H]1C[C@@H](N)CN1C(=O)c1ccccc1N. The monoisotopic (exact) mass is 219 g/mol. The second kappa shape index (κ2) is 4.14. The van der Waals surface area contributed by atoms with Crippen LogP contribution < -0.4 is 11.5 Å². The molecule has 1 heterocycles. The minimum absolute atomic E-state index is 0.0152. The van der Waals surface area contributed by atoms with Crippen molar-refractivity contribution in [3.05, 3.63) is 29.8 Å². The molecule has 1 aliphatic rings. The van der Waals surface area contributed by atoms with Gasteiger partial charge in [0.1, 0.15) is 0 Å². The van der Waals surface area contributed by atoms with Crippen LogP contribution in [0.25, 0.3) is 0 Å². The molecule has 0 aliphatic carbocycles. The van der Waals surface area contributed by atoms with Crippen LogP contribution in [0.1, 0.15) is 23.7 Å². The van der Waals surface area contributed by atoms with Crippen molar-refractivity contribution in [1.29, 1.82) is 0 Å². The second-order valence-corrected chi connectivity index (χ2v) is 4.39. The van der Waals surface area contributed by atoms with Crippen molar-refractivity contribution >= 4 is 11.6 Å². The van der Waals surface area contributed by atoms with Gasteiger partial charge in [-0.2, -0.15) is 0 Å². The topological polar surface area (TPSA) is 72.3 Å². The molecule has 0 unspecified atom stereocenters. The van der Waals surface area contributed by atoms with E-state index in [0.717, 1.165) is 6.42 Å². The fourth-order valence-corrected chi connectivity index (χ4v) is 2.20. The maximum Gasteiger partial charge on any atom is 0.256 e. The molecule has 2 atom stereocenters. The quantitative estimate of drug-likeness (QED) is 0.687. The van der Waals surface area contributed by atoms with Gasteiger partial charge in [0, 0.05) is 24.3 Å². The Labute approximate surface area is 95.2 Å². The lowest BCUT2D eigenvalue weighted by atomic mass is 10.1. The first-order valence-electron chi connectivity index (χ1n) is 5.50. The number of hydrogen-bond donors (Lipinski definition) is 2. The van der Waals surface area contributed by atoms with Crippen molar-refractivity contribution in [3.63, 3.8) is 0 Å². The van der Waals surface area contributed by atoms with E-state index in [0.29, 0.717) is 17.8 Å². The molecule has 1 aromatic carbocycles. The highest BCUT2D eigenvalue weighted by molar-refractivity contribution is 5.99. The van der Waals surface area contributed by atoms with Gasteiger partial charge in [0.15, 0.2) is 0 Å². The number of carbonyl (C=O) groups is 1. The van der Waals surface area contributed by atoms with E-state index in [9.17, 15) is 4.79 Å². The summed E-state index contributed by atoms with van der Waals surface area (Å²) < 4.78 is 0. The summed E-state index contributed by atoms with van der Waals surface area (Å²) in [5.74, 6) is -0.0152. The van der Waals surface area contributed by atoms with Crippen molar-refractivity contribution < 1.29 is 4.79 Å². The maximum atomic E-state index is 12.2. The van der Waals surface area contributed by atoms with Crippen LogP contribution in [0.2, 0.25) is 0 Å². The Morgan fingerprint density at radius 3 is 2.69 bits per heavy atom. The Kier molecular flexibility index (Phi) is 2.83. The van der Waals surface area contributed by atoms with Crippen molar-refractivity contribution in [2.45, 2.75) is 25.4 Å². The van der Waals surface area contributed by atoms with Gasteiger partial charge in [-0.15, -0.1) is 0 Å². The van der Waals surface area contributed by atoms with E-state index in [1.807, 2.05) is 19.1 Å². The zero-order chi connectivity index (χ0) is 11.7. The summed E-state index contributed by atoms with van der Waals surface area (Å²) in [5.41, 5.74) is 12.7. The normalized spacial score (nSPS) is 24.8. The summed E-state index contributed by atoms with van der Waals surface area (Å²) in [6.07, 6.45) is 0.860. The number of para-hydroxylation sites is 1. The van der Waals surface area contributed by atoms with Gasteiger partial charge in [-0.1, -0.05) is 12.1 Å². The first-order chi connectivity index (χ1) is 7.59. The van der Waals surface area contributed by atoms with Crippen molar-refractivity contribution in [3.8, 4) is 0 Å². The van der Waals surface area contributed by atoms with Crippen molar-refractivity contribution in [2.24, 2.45) is 5.73 Å². The number of nitrogen functional groups attached to an aromatic ring is 1. The van der Waals surface area contributed by atoms with Gasteiger partial charge in [0.05, 0.1) is 5.56 Å². The summed E-state index contributed by atoms with van der Waals surface area (Å²) in [6.45, 7) is 2.64. The largest absolute Gasteiger partial charge is 0.398 e. The molecule has 0 radical (unpaired) electrons. The van der Waals surface area contributed by atoms with Gasteiger partial charge in [0.25, 0.3) is 5.91 Å². The number of rotatable bonds is 1. The molecule has 4 heteroatoms. The van der Waals surface area contributed by atoms with Crippen molar-refractivity contribution in [1.82, 2.24) is 4.90 Å². The molecule has 86 valence electrons. The van der Waals surface area contributed by atoms with Crippen LogP contribution in [0.3, 0.4) is 0 Å².